The lowest BCUT2D eigenvalue weighted by Crippen LogP contribution is -2.01. The van der Waals surface area contributed by atoms with Crippen LogP contribution in [0, 0.1) is 13.8 Å². The van der Waals surface area contributed by atoms with E-state index in [0.717, 1.165) is 21.6 Å². The van der Waals surface area contributed by atoms with Gasteiger partial charge in [0.15, 0.2) is 0 Å². The van der Waals surface area contributed by atoms with Gasteiger partial charge < -0.3 is 10.5 Å². The molecule has 0 spiro atoms. The lowest BCUT2D eigenvalue weighted by molar-refractivity contribution is 0.414. The molecular formula is C16H19NO2S. The van der Waals surface area contributed by atoms with Gasteiger partial charge >= 0.3 is 0 Å². The third kappa shape index (κ3) is 3.39. The van der Waals surface area contributed by atoms with Crippen molar-refractivity contribution in [2.24, 2.45) is 0 Å². The minimum atomic E-state index is -1.09. The number of aryl methyl sites for hydroxylation is 2. The van der Waals surface area contributed by atoms with Gasteiger partial charge in [-0.05, 0) is 48.7 Å². The predicted octanol–water partition coefficient (Wildman–Crippen LogP) is 3.20. The maximum atomic E-state index is 12.5. The zero-order chi connectivity index (χ0) is 14.7. The van der Waals surface area contributed by atoms with Crippen LogP contribution in [0.5, 0.6) is 5.75 Å². The first-order valence-electron chi connectivity index (χ1n) is 6.38. The van der Waals surface area contributed by atoms with Crippen LogP contribution in [0.4, 0.5) is 5.69 Å². The molecule has 0 bridgehead atoms. The number of nitrogen functional groups attached to an aromatic ring is 1. The summed E-state index contributed by atoms with van der Waals surface area (Å²) < 4.78 is 17.7. The molecule has 0 radical (unpaired) electrons. The van der Waals surface area contributed by atoms with E-state index in [1.54, 1.807) is 13.2 Å². The van der Waals surface area contributed by atoms with Crippen LogP contribution in [-0.2, 0) is 16.6 Å². The molecule has 0 aliphatic rings. The Morgan fingerprint density at radius 2 is 1.90 bits per heavy atom. The summed E-state index contributed by atoms with van der Waals surface area (Å²) in [5, 5.41) is 0. The highest BCUT2D eigenvalue weighted by atomic mass is 32.2. The van der Waals surface area contributed by atoms with Crippen LogP contribution >= 0.6 is 0 Å². The maximum Gasteiger partial charge on any atom is 0.121 e. The number of hydrogen-bond donors (Lipinski definition) is 1. The van der Waals surface area contributed by atoms with Gasteiger partial charge in [-0.3, -0.25) is 4.21 Å². The number of benzene rings is 2. The Kier molecular flexibility index (Phi) is 4.45. The highest BCUT2D eigenvalue weighted by molar-refractivity contribution is 7.84. The van der Waals surface area contributed by atoms with Crippen molar-refractivity contribution in [2.75, 3.05) is 12.8 Å². The number of methoxy groups -OCH3 is 1. The van der Waals surface area contributed by atoms with E-state index in [-0.39, 0.29) is 0 Å². The molecule has 0 aliphatic heterocycles. The van der Waals surface area contributed by atoms with E-state index >= 15 is 0 Å². The molecule has 0 aromatic heterocycles. The summed E-state index contributed by atoms with van der Waals surface area (Å²) >= 11 is 0. The van der Waals surface area contributed by atoms with E-state index < -0.39 is 10.8 Å². The van der Waals surface area contributed by atoms with E-state index in [2.05, 4.69) is 0 Å². The molecule has 0 heterocycles. The van der Waals surface area contributed by atoms with Crippen LogP contribution in [0.25, 0.3) is 0 Å². The number of nitrogens with two attached hydrogens (primary N) is 1. The highest BCUT2D eigenvalue weighted by Gasteiger charge is 2.10. The van der Waals surface area contributed by atoms with Gasteiger partial charge in [0.25, 0.3) is 0 Å². The number of anilines is 1. The third-order valence-electron chi connectivity index (χ3n) is 3.11. The largest absolute Gasteiger partial charge is 0.497 e. The lowest BCUT2D eigenvalue weighted by atomic mass is 10.2. The minimum absolute atomic E-state index is 0.436. The van der Waals surface area contributed by atoms with E-state index in [1.807, 2.05) is 44.2 Å². The van der Waals surface area contributed by atoms with E-state index in [0.29, 0.717) is 17.2 Å². The summed E-state index contributed by atoms with van der Waals surface area (Å²) in [5.41, 5.74) is 9.53. The van der Waals surface area contributed by atoms with Gasteiger partial charge in [-0.25, -0.2) is 0 Å². The second-order valence-corrected chi connectivity index (χ2v) is 6.29. The molecule has 4 heteroatoms. The first-order valence-corrected chi connectivity index (χ1v) is 7.70. The first-order chi connectivity index (χ1) is 9.49. The van der Waals surface area contributed by atoms with E-state index in [9.17, 15) is 4.21 Å². The van der Waals surface area contributed by atoms with Crippen LogP contribution in [-0.4, -0.2) is 11.3 Å². The second kappa shape index (κ2) is 6.09. The summed E-state index contributed by atoms with van der Waals surface area (Å²) in [6.45, 7) is 3.98. The number of rotatable bonds is 4. The second-order valence-electron chi connectivity index (χ2n) is 4.87. The third-order valence-corrected chi connectivity index (χ3v) is 4.64. The average Bonchev–Trinajstić information content (AvgIpc) is 2.40. The van der Waals surface area contributed by atoms with Crippen molar-refractivity contribution in [3.63, 3.8) is 0 Å². The molecule has 2 aromatic carbocycles. The summed E-state index contributed by atoms with van der Waals surface area (Å²) in [6.07, 6.45) is 0. The van der Waals surface area contributed by atoms with Crippen molar-refractivity contribution in [1.82, 2.24) is 0 Å². The molecule has 0 fully saturated rings. The quantitative estimate of drug-likeness (QED) is 0.879. The fourth-order valence-corrected chi connectivity index (χ4v) is 3.44. The highest BCUT2D eigenvalue weighted by Crippen LogP contribution is 2.23. The van der Waals surface area contributed by atoms with Crippen LogP contribution in [0.1, 0.15) is 16.7 Å². The molecule has 20 heavy (non-hydrogen) atoms. The first kappa shape index (κ1) is 14.6. The molecule has 0 aliphatic carbocycles. The Bertz CT molecular complexity index is 653. The Labute approximate surface area is 122 Å². The molecule has 0 saturated carbocycles. The smallest absolute Gasteiger partial charge is 0.121 e. The Morgan fingerprint density at radius 1 is 1.15 bits per heavy atom. The zero-order valence-electron chi connectivity index (χ0n) is 12.0. The summed E-state index contributed by atoms with van der Waals surface area (Å²) in [6, 6.07) is 11.5. The summed E-state index contributed by atoms with van der Waals surface area (Å²) in [4.78, 5) is 0.881. The van der Waals surface area contributed by atoms with Crippen molar-refractivity contribution in [1.29, 1.82) is 0 Å². The van der Waals surface area contributed by atoms with Gasteiger partial charge in [0, 0.05) is 16.6 Å². The van der Waals surface area contributed by atoms with Crippen LogP contribution in [0.2, 0.25) is 0 Å². The molecule has 1 unspecified atom stereocenters. The SMILES string of the molecule is COc1cc(N)cc(CS(=O)c2cc(C)ccc2C)c1. The number of ether oxygens (including phenoxy) is 1. The molecule has 0 saturated heterocycles. The van der Waals surface area contributed by atoms with Gasteiger partial charge in [-0.1, -0.05) is 12.1 Å². The Balaban J connectivity index is 2.27. The van der Waals surface area contributed by atoms with Crippen molar-refractivity contribution in [2.45, 2.75) is 24.5 Å². The van der Waals surface area contributed by atoms with Gasteiger partial charge in [-0.15, -0.1) is 0 Å². The lowest BCUT2D eigenvalue weighted by Gasteiger charge is -2.09. The molecule has 2 aromatic rings. The predicted molar refractivity (Wildman–Crippen MR) is 83.4 cm³/mol. The minimum Gasteiger partial charge on any atom is -0.497 e. The van der Waals surface area contributed by atoms with Crippen LogP contribution < -0.4 is 10.5 Å². The Morgan fingerprint density at radius 3 is 2.60 bits per heavy atom. The van der Waals surface area contributed by atoms with Gasteiger partial charge in [0.05, 0.1) is 23.7 Å². The van der Waals surface area contributed by atoms with Crippen molar-refractivity contribution in [3.05, 3.63) is 53.1 Å². The molecule has 106 valence electrons. The number of hydrogen-bond acceptors (Lipinski definition) is 3. The molecule has 0 amide bonds. The summed E-state index contributed by atoms with van der Waals surface area (Å²) in [7, 11) is 0.512. The normalized spacial score (nSPS) is 12.2. The average molecular weight is 289 g/mol. The molecule has 1 atom stereocenters. The Hall–Kier alpha value is -1.81. The van der Waals surface area contributed by atoms with Crippen LogP contribution in [0.3, 0.4) is 0 Å². The molecule has 2 rings (SSSR count). The monoisotopic (exact) mass is 289 g/mol. The van der Waals surface area contributed by atoms with Crippen molar-refractivity contribution >= 4 is 16.5 Å². The maximum absolute atomic E-state index is 12.5. The van der Waals surface area contributed by atoms with Gasteiger partial charge in [0.2, 0.25) is 0 Å². The van der Waals surface area contributed by atoms with E-state index in [1.165, 1.54) is 0 Å². The van der Waals surface area contributed by atoms with Gasteiger partial charge in [-0.2, -0.15) is 0 Å². The molecule has 3 nitrogen and oxygen atoms in total. The summed E-state index contributed by atoms with van der Waals surface area (Å²) in [5.74, 6) is 1.13. The standard InChI is InChI=1S/C16H19NO2S/c1-11-4-5-12(2)16(6-11)20(18)10-13-7-14(17)9-15(8-13)19-3/h4-9H,10,17H2,1-3H3. The van der Waals surface area contributed by atoms with Crippen molar-refractivity contribution < 1.29 is 8.95 Å². The molecular weight excluding hydrogens is 270 g/mol. The topological polar surface area (TPSA) is 52.3 Å². The fraction of sp³-hybridized carbons (Fsp3) is 0.250. The van der Waals surface area contributed by atoms with E-state index in [4.69, 9.17) is 10.5 Å². The molecule has 2 N–H and O–H groups in total. The van der Waals surface area contributed by atoms with Crippen LogP contribution in [0.15, 0.2) is 41.3 Å². The van der Waals surface area contributed by atoms with Gasteiger partial charge in [0.1, 0.15) is 5.75 Å². The fourth-order valence-electron chi connectivity index (χ4n) is 2.07. The van der Waals surface area contributed by atoms with Crippen molar-refractivity contribution in [3.8, 4) is 5.75 Å². The zero-order valence-corrected chi connectivity index (χ0v) is 12.8.